The third kappa shape index (κ3) is 2.24. The SMILES string of the molecule is COc1ccc(N2C(=O)C3C4c5ccccc5C(C=O)(c5ccccc54)C3C2=O)c([N+](=O)[O-])c1. The molecule has 0 saturated carbocycles. The molecule has 7 rings (SSSR count). The van der Waals surface area contributed by atoms with Gasteiger partial charge in [-0.1, -0.05) is 48.5 Å². The number of carbonyl (C=O) groups is 3. The van der Waals surface area contributed by atoms with Gasteiger partial charge in [-0.05, 0) is 34.4 Å². The molecule has 34 heavy (non-hydrogen) atoms. The number of benzene rings is 3. The predicted molar refractivity (Wildman–Crippen MR) is 121 cm³/mol. The summed E-state index contributed by atoms with van der Waals surface area (Å²) in [6, 6.07) is 18.8. The molecule has 4 aliphatic rings. The van der Waals surface area contributed by atoms with E-state index in [1.54, 1.807) is 0 Å². The molecular formula is C26H18N2O6. The van der Waals surface area contributed by atoms with Crippen molar-refractivity contribution in [3.8, 4) is 5.75 Å². The highest BCUT2D eigenvalue weighted by Gasteiger charge is 2.68. The molecule has 0 N–H and O–H groups in total. The lowest BCUT2D eigenvalue weighted by Crippen LogP contribution is -2.54. The number of methoxy groups -OCH3 is 1. The summed E-state index contributed by atoms with van der Waals surface area (Å²) in [5.41, 5.74) is 1.20. The zero-order chi connectivity index (χ0) is 23.8. The van der Waals surface area contributed by atoms with Crippen LogP contribution in [-0.2, 0) is 19.8 Å². The van der Waals surface area contributed by atoms with Crippen LogP contribution in [0.3, 0.4) is 0 Å². The number of ether oxygens (including phenoxy) is 1. The molecule has 3 aliphatic carbocycles. The molecule has 0 spiro atoms. The Morgan fingerprint density at radius 1 is 0.971 bits per heavy atom. The zero-order valence-corrected chi connectivity index (χ0v) is 18.0. The maximum atomic E-state index is 13.9. The first kappa shape index (κ1) is 20.3. The van der Waals surface area contributed by atoms with E-state index in [0.29, 0.717) is 11.1 Å². The number of aldehydes is 1. The summed E-state index contributed by atoms with van der Waals surface area (Å²) in [5.74, 6) is -3.18. The van der Waals surface area contributed by atoms with Crippen LogP contribution in [0.2, 0.25) is 0 Å². The van der Waals surface area contributed by atoms with Crippen molar-refractivity contribution < 1.29 is 24.0 Å². The average Bonchev–Trinajstić information content (AvgIpc) is 3.14. The number of amides is 2. The third-order valence-electron chi connectivity index (χ3n) is 7.49. The van der Waals surface area contributed by atoms with Gasteiger partial charge in [0.05, 0.1) is 35.4 Å². The van der Waals surface area contributed by atoms with Gasteiger partial charge >= 0.3 is 0 Å². The van der Waals surface area contributed by atoms with Gasteiger partial charge in [-0.3, -0.25) is 19.7 Å². The molecule has 3 aromatic rings. The minimum atomic E-state index is -1.35. The van der Waals surface area contributed by atoms with Crippen LogP contribution in [0.15, 0.2) is 66.7 Å². The summed E-state index contributed by atoms with van der Waals surface area (Å²) in [6.07, 6.45) is 0.773. The highest BCUT2D eigenvalue weighted by Crippen LogP contribution is 2.63. The van der Waals surface area contributed by atoms with Gasteiger partial charge in [-0.15, -0.1) is 0 Å². The molecule has 3 aromatic carbocycles. The molecule has 1 heterocycles. The predicted octanol–water partition coefficient (Wildman–Crippen LogP) is 3.35. The molecule has 0 radical (unpaired) electrons. The molecule has 2 unspecified atom stereocenters. The molecule has 1 saturated heterocycles. The van der Waals surface area contributed by atoms with Crippen LogP contribution < -0.4 is 9.64 Å². The standard InChI is InChI=1S/C26H18N2O6/c1-34-14-10-11-19(20(12-14)28(32)33)27-24(30)22-21-15-6-2-4-8-17(15)26(13-29,23(22)25(27)31)18-9-5-3-7-16(18)21/h2-13,21-23H,1H3. The average molecular weight is 454 g/mol. The van der Waals surface area contributed by atoms with Gasteiger partial charge < -0.3 is 9.53 Å². The van der Waals surface area contributed by atoms with E-state index in [-0.39, 0.29) is 11.4 Å². The smallest absolute Gasteiger partial charge is 0.297 e. The van der Waals surface area contributed by atoms with E-state index in [4.69, 9.17) is 4.74 Å². The maximum absolute atomic E-state index is 13.9. The van der Waals surface area contributed by atoms with Crippen molar-refractivity contribution in [2.75, 3.05) is 12.0 Å². The van der Waals surface area contributed by atoms with Crippen LogP contribution in [0, 0.1) is 22.0 Å². The Hall–Kier alpha value is -4.33. The molecule has 2 bridgehead atoms. The van der Waals surface area contributed by atoms with E-state index >= 15 is 0 Å². The van der Waals surface area contributed by atoms with Gasteiger partial charge in [0, 0.05) is 5.92 Å². The number of carbonyl (C=O) groups excluding carboxylic acids is 3. The Morgan fingerprint density at radius 2 is 1.59 bits per heavy atom. The first-order valence-electron chi connectivity index (χ1n) is 10.8. The summed E-state index contributed by atoms with van der Waals surface area (Å²) in [4.78, 5) is 52.9. The number of anilines is 1. The normalized spacial score (nSPS) is 26.0. The van der Waals surface area contributed by atoms with Gasteiger partial charge in [0.1, 0.15) is 17.7 Å². The summed E-state index contributed by atoms with van der Waals surface area (Å²) in [5, 5.41) is 11.8. The Balaban J connectivity index is 1.62. The molecule has 1 fully saturated rings. The number of nitro benzene ring substituents is 1. The van der Waals surface area contributed by atoms with Crippen LogP contribution in [0.4, 0.5) is 11.4 Å². The molecular weight excluding hydrogens is 436 g/mol. The van der Waals surface area contributed by atoms with Crippen LogP contribution >= 0.6 is 0 Å². The Morgan fingerprint density at radius 3 is 2.15 bits per heavy atom. The van der Waals surface area contributed by atoms with E-state index in [0.717, 1.165) is 22.3 Å². The largest absolute Gasteiger partial charge is 0.496 e. The second kappa shape index (κ2) is 6.84. The second-order valence-electron chi connectivity index (χ2n) is 8.77. The lowest BCUT2D eigenvalue weighted by atomic mass is 9.48. The lowest BCUT2D eigenvalue weighted by molar-refractivity contribution is -0.384. The van der Waals surface area contributed by atoms with Gasteiger partial charge in [-0.2, -0.15) is 0 Å². The zero-order valence-electron chi connectivity index (χ0n) is 18.0. The molecule has 168 valence electrons. The number of imide groups is 1. The molecule has 8 heteroatoms. The van der Waals surface area contributed by atoms with Crippen molar-refractivity contribution in [1.82, 2.24) is 0 Å². The summed E-state index contributed by atoms with van der Waals surface area (Å²) in [6.45, 7) is 0. The quantitative estimate of drug-likeness (QED) is 0.259. The van der Waals surface area contributed by atoms with E-state index < -0.39 is 45.6 Å². The first-order valence-corrected chi connectivity index (χ1v) is 10.8. The fourth-order valence-electron chi connectivity index (χ4n) is 6.23. The molecule has 8 nitrogen and oxygen atoms in total. The number of hydrogen-bond donors (Lipinski definition) is 0. The van der Waals surface area contributed by atoms with E-state index in [2.05, 4.69) is 0 Å². The maximum Gasteiger partial charge on any atom is 0.297 e. The van der Waals surface area contributed by atoms with Crippen molar-refractivity contribution in [2.24, 2.45) is 11.8 Å². The minimum absolute atomic E-state index is 0.122. The second-order valence-corrected chi connectivity index (χ2v) is 8.77. The highest BCUT2D eigenvalue weighted by molar-refractivity contribution is 6.25. The van der Waals surface area contributed by atoms with Crippen molar-refractivity contribution in [3.63, 3.8) is 0 Å². The number of nitrogens with zero attached hydrogens (tertiary/aromatic N) is 2. The first-order chi connectivity index (χ1) is 16.5. The summed E-state index contributed by atoms with van der Waals surface area (Å²) in [7, 11) is 1.37. The van der Waals surface area contributed by atoms with Crippen LogP contribution in [-0.4, -0.2) is 30.1 Å². The van der Waals surface area contributed by atoms with Crippen molar-refractivity contribution in [1.29, 1.82) is 0 Å². The highest BCUT2D eigenvalue weighted by atomic mass is 16.6. The van der Waals surface area contributed by atoms with E-state index in [9.17, 15) is 24.5 Å². The van der Waals surface area contributed by atoms with Crippen LogP contribution in [0.25, 0.3) is 0 Å². The molecule has 1 aliphatic heterocycles. The van der Waals surface area contributed by atoms with E-state index in [1.165, 1.54) is 25.3 Å². The van der Waals surface area contributed by atoms with Gasteiger partial charge in [0.15, 0.2) is 0 Å². The Kier molecular flexibility index (Phi) is 4.08. The number of hydrogen-bond acceptors (Lipinski definition) is 6. The van der Waals surface area contributed by atoms with Crippen LogP contribution in [0.5, 0.6) is 5.75 Å². The van der Waals surface area contributed by atoms with Gasteiger partial charge in [0.2, 0.25) is 11.8 Å². The molecule has 2 atom stereocenters. The van der Waals surface area contributed by atoms with Crippen LogP contribution in [0.1, 0.15) is 28.2 Å². The minimum Gasteiger partial charge on any atom is -0.496 e. The Bertz CT molecular complexity index is 1380. The van der Waals surface area contributed by atoms with E-state index in [1.807, 2.05) is 48.5 Å². The summed E-state index contributed by atoms with van der Waals surface area (Å²) >= 11 is 0. The van der Waals surface area contributed by atoms with Crippen molar-refractivity contribution in [3.05, 3.63) is 99.1 Å². The third-order valence-corrected chi connectivity index (χ3v) is 7.49. The molecule has 0 aromatic heterocycles. The fourth-order valence-corrected chi connectivity index (χ4v) is 6.23. The summed E-state index contributed by atoms with van der Waals surface area (Å²) < 4.78 is 5.09. The number of nitro groups is 1. The number of rotatable bonds is 4. The fraction of sp³-hybridized carbons (Fsp3) is 0.192. The van der Waals surface area contributed by atoms with Gasteiger partial charge in [-0.25, -0.2) is 4.90 Å². The van der Waals surface area contributed by atoms with Gasteiger partial charge in [0.25, 0.3) is 5.69 Å². The van der Waals surface area contributed by atoms with Crippen molar-refractivity contribution in [2.45, 2.75) is 11.3 Å². The molecule has 2 amide bonds. The topological polar surface area (TPSA) is 107 Å². The van der Waals surface area contributed by atoms with Crippen molar-refractivity contribution >= 4 is 29.5 Å². The monoisotopic (exact) mass is 454 g/mol. The lowest BCUT2D eigenvalue weighted by Gasteiger charge is -2.51. The Labute approximate surface area is 193 Å².